The molecular formula is C27H26N2O7S. The van der Waals surface area contributed by atoms with Gasteiger partial charge in [-0.3, -0.25) is 9.69 Å². The highest BCUT2D eigenvalue weighted by atomic mass is 32.2. The number of ether oxygens (including phenoxy) is 2. The van der Waals surface area contributed by atoms with E-state index in [1.165, 1.54) is 23.1 Å². The number of esters is 1. The first kappa shape index (κ1) is 25.9. The second kappa shape index (κ2) is 10.9. The predicted molar refractivity (Wildman–Crippen MR) is 137 cm³/mol. The van der Waals surface area contributed by atoms with Crippen molar-refractivity contribution in [2.45, 2.75) is 25.3 Å². The van der Waals surface area contributed by atoms with Gasteiger partial charge in [0.2, 0.25) is 10.0 Å². The maximum absolute atomic E-state index is 13.5. The quantitative estimate of drug-likeness (QED) is 0.333. The van der Waals surface area contributed by atoms with Gasteiger partial charge in [-0.2, -0.15) is 0 Å². The van der Waals surface area contributed by atoms with E-state index in [4.69, 9.17) is 13.9 Å². The number of methoxy groups -OCH3 is 1. The smallest absolute Gasteiger partial charge is 0.340 e. The zero-order chi connectivity index (χ0) is 26.6. The number of sulfonamides is 1. The van der Waals surface area contributed by atoms with Crippen LogP contribution in [0.25, 0.3) is 6.08 Å². The topological polar surface area (TPSA) is 115 Å². The van der Waals surface area contributed by atoms with Crippen molar-refractivity contribution < 1.29 is 31.9 Å². The lowest BCUT2D eigenvalue weighted by Crippen LogP contribution is -2.24. The Balaban J connectivity index is 1.61. The molecule has 0 radical (unpaired) electrons. The third-order valence-corrected chi connectivity index (χ3v) is 7.09. The zero-order valence-electron chi connectivity index (χ0n) is 20.6. The van der Waals surface area contributed by atoms with E-state index in [2.05, 4.69) is 4.72 Å². The number of nitrogens with zero attached hydrogens (tertiary/aromatic N) is 1. The number of nitrogens with one attached hydrogen (secondary N) is 1. The second-order valence-electron chi connectivity index (χ2n) is 8.02. The highest BCUT2D eigenvalue weighted by Crippen LogP contribution is 2.36. The van der Waals surface area contributed by atoms with Crippen LogP contribution < -0.4 is 14.4 Å². The molecule has 9 nitrogen and oxygen atoms in total. The molecule has 0 unspecified atom stereocenters. The minimum absolute atomic E-state index is 0.0913. The maximum Gasteiger partial charge on any atom is 0.340 e. The van der Waals surface area contributed by atoms with Crippen molar-refractivity contribution in [1.29, 1.82) is 0 Å². The lowest BCUT2D eigenvalue weighted by Gasteiger charge is -2.18. The van der Waals surface area contributed by atoms with Crippen molar-refractivity contribution in [2.24, 2.45) is 0 Å². The third kappa shape index (κ3) is 5.50. The zero-order valence-corrected chi connectivity index (χ0v) is 21.4. The van der Waals surface area contributed by atoms with Crippen LogP contribution in [0.1, 0.15) is 25.4 Å². The summed E-state index contributed by atoms with van der Waals surface area (Å²) in [4.78, 5) is 27.8. The van der Waals surface area contributed by atoms with Gasteiger partial charge < -0.3 is 13.9 Å². The van der Waals surface area contributed by atoms with E-state index >= 15 is 0 Å². The highest BCUT2D eigenvalue weighted by molar-refractivity contribution is 7.89. The lowest BCUT2D eigenvalue weighted by atomic mass is 10.1. The van der Waals surface area contributed by atoms with Gasteiger partial charge in [-0.25, -0.2) is 17.9 Å². The Morgan fingerprint density at radius 1 is 1.05 bits per heavy atom. The predicted octanol–water partition coefficient (Wildman–Crippen LogP) is 4.03. The molecule has 0 fully saturated rings. The summed E-state index contributed by atoms with van der Waals surface area (Å²) in [5.74, 6) is 0.196. The number of carbonyl (C=O) groups is 2. The Labute approximate surface area is 215 Å². The van der Waals surface area contributed by atoms with Crippen LogP contribution in [-0.2, 0) is 30.9 Å². The van der Waals surface area contributed by atoms with E-state index in [0.29, 0.717) is 22.9 Å². The fraction of sp³-hybridized carbons (Fsp3) is 0.185. The van der Waals surface area contributed by atoms with Crippen LogP contribution in [0, 0.1) is 0 Å². The summed E-state index contributed by atoms with van der Waals surface area (Å²) >= 11 is 0. The maximum atomic E-state index is 13.5. The summed E-state index contributed by atoms with van der Waals surface area (Å²) in [6.07, 6.45) is 1.46. The van der Waals surface area contributed by atoms with Crippen molar-refractivity contribution in [2.75, 3.05) is 18.6 Å². The fourth-order valence-electron chi connectivity index (χ4n) is 3.88. The Bertz CT molecular complexity index is 1470. The molecule has 2 aromatic carbocycles. The number of amides is 1. The van der Waals surface area contributed by atoms with Gasteiger partial charge in [0.05, 0.1) is 36.3 Å². The van der Waals surface area contributed by atoms with E-state index in [-0.39, 0.29) is 35.0 Å². The summed E-state index contributed by atoms with van der Waals surface area (Å²) in [6, 6.07) is 18.1. The number of benzene rings is 2. The molecule has 10 heteroatoms. The number of allylic oxidation sites excluding steroid dienone is 1. The van der Waals surface area contributed by atoms with Gasteiger partial charge in [-0.1, -0.05) is 18.2 Å². The third-order valence-electron chi connectivity index (χ3n) is 5.67. The molecule has 0 atom stereocenters. The van der Waals surface area contributed by atoms with Gasteiger partial charge in [0.15, 0.2) is 0 Å². The first-order valence-corrected chi connectivity index (χ1v) is 13.0. The molecule has 0 aliphatic carbocycles. The molecule has 0 saturated heterocycles. The van der Waals surface area contributed by atoms with E-state index < -0.39 is 21.9 Å². The van der Waals surface area contributed by atoms with Crippen LogP contribution in [0.3, 0.4) is 0 Å². The van der Waals surface area contributed by atoms with Crippen molar-refractivity contribution in [3.05, 3.63) is 95.1 Å². The van der Waals surface area contributed by atoms with E-state index in [0.717, 1.165) is 0 Å². The molecule has 192 valence electrons. The largest absolute Gasteiger partial charge is 0.497 e. The molecular weight excluding hydrogens is 496 g/mol. The van der Waals surface area contributed by atoms with Gasteiger partial charge in [0.1, 0.15) is 17.3 Å². The molecule has 3 aromatic rings. The molecule has 2 heterocycles. The highest BCUT2D eigenvalue weighted by Gasteiger charge is 2.38. The molecule has 0 spiro atoms. The van der Waals surface area contributed by atoms with Crippen LogP contribution in [0.2, 0.25) is 0 Å². The van der Waals surface area contributed by atoms with Gasteiger partial charge >= 0.3 is 5.97 Å². The number of hydrogen-bond donors (Lipinski definition) is 1. The average Bonchev–Trinajstić information content (AvgIpc) is 3.45. The van der Waals surface area contributed by atoms with Crippen LogP contribution >= 0.6 is 0 Å². The molecule has 1 aromatic heterocycles. The van der Waals surface area contributed by atoms with Crippen molar-refractivity contribution >= 4 is 33.7 Å². The monoisotopic (exact) mass is 522 g/mol. The number of carbonyl (C=O) groups excluding carboxylic acids is 2. The minimum Gasteiger partial charge on any atom is -0.497 e. The normalized spacial score (nSPS) is 14.9. The van der Waals surface area contributed by atoms with Crippen molar-refractivity contribution in [1.82, 2.24) is 4.72 Å². The first-order valence-electron chi connectivity index (χ1n) is 11.5. The molecule has 0 saturated carbocycles. The Morgan fingerprint density at radius 3 is 2.41 bits per heavy atom. The fourth-order valence-corrected chi connectivity index (χ4v) is 4.90. The number of hydrogen-bond acceptors (Lipinski definition) is 7. The van der Waals surface area contributed by atoms with Gasteiger partial charge in [-0.15, -0.1) is 0 Å². The van der Waals surface area contributed by atoms with Gasteiger partial charge in [0, 0.05) is 11.4 Å². The molecule has 1 aliphatic rings. The molecule has 1 N–H and O–H groups in total. The molecule has 1 aliphatic heterocycles. The Morgan fingerprint density at radius 2 is 1.76 bits per heavy atom. The van der Waals surface area contributed by atoms with E-state index in [1.54, 1.807) is 75.6 Å². The van der Waals surface area contributed by atoms with Gasteiger partial charge in [-0.05, 0) is 68.5 Å². The van der Waals surface area contributed by atoms with Crippen molar-refractivity contribution in [3.8, 4) is 5.75 Å². The van der Waals surface area contributed by atoms with E-state index in [9.17, 15) is 18.0 Å². The lowest BCUT2D eigenvalue weighted by molar-refractivity contribution is -0.138. The second-order valence-corrected chi connectivity index (χ2v) is 9.79. The molecule has 1 amide bonds. The molecule has 37 heavy (non-hydrogen) atoms. The first-order chi connectivity index (χ1) is 17.7. The van der Waals surface area contributed by atoms with Crippen LogP contribution in [0.5, 0.6) is 5.75 Å². The number of furan rings is 1. The summed E-state index contributed by atoms with van der Waals surface area (Å²) < 4.78 is 43.6. The minimum atomic E-state index is -3.72. The summed E-state index contributed by atoms with van der Waals surface area (Å²) in [7, 11) is -2.17. The number of anilines is 1. The molecule has 4 rings (SSSR count). The summed E-state index contributed by atoms with van der Waals surface area (Å²) in [6.45, 7) is 3.41. The standard InChI is InChI=1S/C27H26N2O7S/c1-4-35-27(31)25-18(2)29(19-10-12-20(34-3)13-11-19)26(30)24(25)16-21-14-15-22(36-21)17-28-37(32,33)23-8-6-5-7-9-23/h5-16,28H,4,17H2,1-3H3/b24-16+. The van der Waals surface area contributed by atoms with Crippen LogP contribution in [-0.4, -0.2) is 34.0 Å². The Hall–Kier alpha value is -4.15. The average molecular weight is 523 g/mol. The number of rotatable bonds is 9. The van der Waals surface area contributed by atoms with Crippen LogP contribution in [0.15, 0.2) is 92.9 Å². The van der Waals surface area contributed by atoms with E-state index in [1.807, 2.05) is 0 Å². The van der Waals surface area contributed by atoms with Crippen molar-refractivity contribution in [3.63, 3.8) is 0 Å². The molecule has 0 bridgehead atoms. The van der Waals surface area contributed by atoms with Crippen LogP contribution in [0.4, 0.5) is 5.69 Å². The summed E-state index contributed by atoms with van der Waals surface area (Å²) in [5, 5.41) is 0. The summed E-state index contributed by atoms with van der Waals surface area (Å²) in [5.41, 5.74) is 1.22. The Kier molecular flexibility index (Phi) is 7.61. The SMILES string of the molecule is CCOC(=O)C1=C(C)N(c2ccc(OC)cc2)C(=O)/C1=C/c1ccc(CNS(=O)(=O)c2ccccc2)o1. The van der Waals surface area contributed by atoms with Gasteiger partial charge in [0.25, 0.3) is 5.91 Å².